The maximum absolute atomic E-state index is 12.8. The molecule has 0 fully saturated rings. The Morgan fingerprint density at radius 1 is 1.27 bits per heavy atom. The molecule has 2 rings (SSSR count). The second-order valence-electron chi connectivity index (χ2n) is 4.93. The van der Waals surface area contributed by atoms with E-state index in [4.69, 9.17) is 26.8 Å². The summed E-state index contributed by atoms with van der Waals surface area (Å²) >= 11 is 5.70. The average molecular weight is 389 g/mol. The van der Waals surface area contributed by atoms with Crippen LogP contribution in [-0.2, 0) is 0 Å². The van der Waals surface area contributed by atoms with Gasteiger partial charge in [-0.1, -0.05) is 11.6 Å². The summed E-state index contributed by atoms with van der Waals surface area (Å²) in [5.41, 5.74) is 6.17. The number of halogens is 4. The molecule has 0 bridgehead atoms. The fraction of sp³-hybridized carbons (Fsp3) is 0.250. The Bertz CT molecular complexity index is 745. The summed E-state index contributed by atoms with van der Waals surface area (Å²) < 4.78 is 47.8. The first-order chi connectivity index (χ1) is 12.5. The van der Waals surface area contributed by atoms with E-state index >= 15 is 0 Å². The summed E-state index contributed by atoms with van der Waals surface area (Å²) in [5.74, 6) is 0.317. The molecule has 26 heavy (non-hydrogen) atoms. The fourth-order valence-corrected chi connectivity index (χ4v) is 1.98. The highest BCUT2D eigenvalue weighted by Gasteiger charge is 2.12. The van der Waals surface area contributed by atoms with E-state index in [1.54, 1.807) is 0 Å². The molecule has 1 heterocycles. The number of ether oxygens (including phenoxy) is 2. The molecule has 0 unspecified atom stereocenters. The van der Waals surface area contributed by atoms with E-state index in [-0.39, 0.29) is 35.5 Å². The summed E-state index contributed by atoms with van der Waals surface area (Å²) in [6.07, 6.45) is 1.41. The van der Waals surface area contributed by atoms with E-state index in [9.17, 15) is 13.2 Å². The molecular weight excluding hydrogens is 373 g/mol. The van der Waals surface area contributed by atoms with E-state index in [1.807, 2.05) is 0 Å². The number of benzene rings is 1. The maximum atomic E-state index is 12.8. The van der Waals surface area contributed by atoms with Crippen molar-refractivity contribution in [1.82, 2.24) is 9.97 Å². The minimum absolute atomic E-state index is 0.0121. The number of anilines is 1. The molecule has 0 atom stereocenters. The first kappa shape index (κ1) is 19.6. The molecule has 3 N–H and O–H groups in total. The fourth-order valence-electron chi connectivity index (χ4n) is 1.78. The normalized spacial score (nSPS) is 11.5. The van der Waals surface area contributed by atoms with Gasteiger partial charge in [0.2, 0.25) is 0 Å². The number of nitrogens with two attached hydrogens (primary N) is 1. The number of nitrogens with one attached hydrogen (secondary N) is 1. The highest BCUT2D eigenvalue weighted by molar-refractivity contribution is 6.31. The topological polar surface area (TPSA) is 82.3 Å². The van der Waals surface area contributed by atoms with Gasteiger partial charge >= 0.3 is 6.01 Å². The molecule has 0 aliphatic heterocycles. The average Bonchev–Trinajstić information content (AvgIpc) is 2.64. The van der Waals surface area contributed by atoms with Gasteiger partial charge in [-0.3, -0.25) is 0 Å². The Balaban J connectivity index is 1.87. The summed E-state index contributed by atoms with van der Waals surface area (Å²) in [6.45, 7) is -0.727. The first-order valence-corrected chi connectivity index (χ1v) is 7.79. The molecule has 1 aromatic carbocycles. The van der Waals surface area contributed by atoms with Gasteiger partial charge in [-0.15, -0.1) is 0 Å². The maximum Gasteiger partial charge on any atom is 0.316 e. The van der Waals surface area contributed by atoms with Gasteiger partial charge < -0.3 is 20.5 Å². The number of rotatable bonds is 9. The van der Waals surface area contributed by atoms with Gasteiger partial charge in [0, 0.05) is 22.5 Å². The molecule has 0 saturated carbocycles. The molecule has 2 aromatic rings. The lowest BCUT2D eigenvalue weighted by molar-refractivity contribution is 0.151. The van der Waals surface area contributed by atoms with Gasteiger partial charge in [-0.2, -0.15) is 9.97 Å². The molecule has 0 spiro atoms. The van der Waals surface area contributed by atoms with Gasteiger partial charge in [-0.05, 0) is 18.2 Å². The number of nitrogens with zero attached hydrogens (tertiary/aromatic N) is 2. The second kappa shape index (κ2) is 9.71. The van der Waals surface area contributed by atoms with Gasteiger partial charge in [-0.25, -0.2) is 13.2 Å². The van der Waals surface area contributed by atoms with Crippen LogP contribution in [0.5, 0.6) is 11.8 Å². The Hall–Kier alpha value is -2.68. The molecule has 6 nitrogen and oxygen atoms in total. The van der Waals surface area contributed by atoms with Crippen molar-refractivity contribution in [3.05, 3.63) is 53.1 Å². The minimum atomic E-state index is -2.68. The van der Waals surface area contributed by atoms with Crippen molar-refractivity contribution >= 4 is 17.3 Å². The van der Waals surface area contributed by atoms with Crippen molar-refractivity contribution in [2.24, 2.45) is 5.73 Å². The zero-order valence-corrected chi connectivity index (χ0v) is 14.2. The molecule has 0 aliphatic carbocycles. The van der Waals surface area contributed by atoms with Crippen LogP contribution in [0.3, 0.4) is 0 Å². The van der Waals surface area contributed by atoms with Crippen molar-refractivity contribution in [2.45, 2.75) is 6.43 Å². The Labute approximate surface area is 152 Å². The molecule has 140 valence electrons. The molecule has 0 radical (unpaired) electrons. The van der Waals surface area contributed by atoms with Gasteiger partial charge in [0.1, 0.15) is 19.9 Å². The van der Waals surface area contributed by atoms with Crippen molar-refractivity contribution in [3.8, 4) is 11.8 Å². The monoisotopic (exact) mass is 388 g/mol. The minimum Gasteiger partial charge on any atom is -0.488 e. The summed E-state index contributed by atoms with van der Waals surface area (Å²) in [6, 6.07) is 4.20. The smallest absolute Gasteiger partial charge is 0.316 e. The third-order valence-electron chi connectivity index (χ3n) is 2.97. The van der Waals surface area contributed by atoms with E-state index in [0.29, 0.717) is 11.4 Å². The standard InChI is InChI=1S/C16H16ClF3N4O2/c17-14-2-1-11(5-13(14)15(19)20)22-6-10(21)9-26-16-23-7-12(8-24-16)25-4-3-18/h1-2,5-8,15,22H,3-4,9,21H2/b10-6-. The third-order valence-corrected chi connectivity index (χ3v) is 3.32. The number of alkyl halides is 3. The highest BCUT2D eigenvalue weighted by Crippen LogP contribution is 2.29. The predicted octanol–water partition coefficient (Wildman–Crippen LogP) is 3.71. The van der Waals surface area contributed by atoms with Gasteiger partial charge in [0.15, 0.2) is 5.75 Å². The quantitative estimate of drug-likeness (QED) is 0.681. The van der Waals surface area contributed by atoms with Gasteiger partial charge in [0.25, 0.3) is 6.43 Å². The SMILES string of the molecule is N/C(=C\Nc1ccc(Cl)c(C(F)F)c1)COc1ncc(OCCF)cn1. The van der Waals surface area contributed by atoms with Crippen LogP contribution in [0.4, 0.5) is 18.9 Å². The Kier molecular flexibility index (Phi) is 7.34. The van der Waals surface area contributed by atoms with E-state index in [1.165, 1.54) is 36.8 Å². The van der Waals surface area contributed by atoms with E-state index in [0.717, 1.165) is 0 Å². The Morgan fingerprint density at radius 2 is 2.00 bits per heavy atom. The zero-order valence-electron chi connectivity index (χ0n) is 13.5. The third kappa shape index (κ3) is 5.99. The van der Waals surface area contributed by atoms with Gasteiger partial charge in [0.05, 0.1) is 18.1 Å². The van der Waals surface area contributed by atoms with E-state index < -0.39 is 13.1 Å². The van der Waals surface area contributed by atoms with Crippen molar-refractivity contribution in [1.29, 1.82) is 0 Å². The number of aromatic nitrogens is 2. The second-order valence-corrected chi connectivity index (χ2v) is 5.34. The van der Waals surface area contributed by atoms with Crippen LogP contribution in [0, 0.1) is 0 Å². The first-order valence-electron chi connectivity index (χ1n) is 7.42. The molecule has 0 saturated heterocycles. The molecule has 1 aromatic heterocycles. The van der Waals surface area contributed by atoms with Crippen molar-refractivity contribution in [3.63, 3.8) is 0 Å². The number of hydrogen-bond donors (Lipinski definition) is 2. The van der Waals surface area contributed by atoms with E-state index in [2.05, 4.69) is 15.3 Å². The number of hydrogen-bond acceptors (Lipinski definition) is 6. The molecule has 0 amide bonds. The van der Waals surface area contributed by atoms with Crippen molar-refractivity contribution in [2.75, 3.05) is 25.2 Å². The van der Waals surface area contributed by atoms with Crippen LogP contribution in [0.25, 0.3) is 0 Å². The lowest BCUT2D eigenvalue weighted by atomic mass is 10.2. The largest absolute Gasteiger partial charge is 0.488 e. The van der Waals surface area contributed by atoms with Crippen molar-refractivity contribution < 1.29 is 22.6 Å². The lowest BCUT2D eigenvalue weighted by Gasteiger charge is -2.09. The summed E-state index contributed by atoms with van der Waals surface area (Å²) in [7, 11) is 0. The summed E-state index contributed by atoms with van der Waals surface area (Å²) in [5, 5.41) is 2.77. The predicted molar refractivity (Wildman–Crippen MR) is 91.3 cm³/mol. The van der Waals surface area contributed by atoms with Crippen LogP contribution in [-0.4, -0.2) is 29.9 Å². The van der Waals surface area contributed by atoms with Crippen LogP contribution >= 0.6 is 11.6 Å². The van der Waals surface area contributed by atoms with Crippen LogP contribution in [0.1, 0.15) is 12.0 Å². The molecule has 10 heteroatoms. The Morgan fingerprint density at radius 3 is 2.65 bits per heavy atom. The molecule has 0 aliphatic rings. The highest BCUT2D eigenvalue weighted by atomic mass is 35.5. The molecular formula is C16H16ClF3N4O2. The van der Waals surface area contributed by atoms with Crippen LogP contribution < -0.4 is 20.5 Å². The lowest BCUT2D eigenvalue weighted by Crippen LogP contribution is -2.12. The van der Waals surface area contributed by atoms with Crippen LogP contribution in [0.2, 0.25) is 5.02 Å². The van der Waals surface area contributed by atoms with Crippen LogP contribution in [0.15, 0.2) is 42.5 Å². The zero-order chi connectivity index (χ0) is 18.9. The summed E-state index contributed by atoms with van der Waals surface area (Å²) in [4.78, 5) is 7.76.